The summed E-state index contributed by atoms with van der Waals surface area (Å²) in [5, 5.41) is 0.681. The topological polar surface area (TPSA) is 52.6 Å². The van der Waals surface area contributed by atoms with E-state index in [4.69, 9.17) is 9.05 Å². The van der Waals surface area contributed by atoms with E-state index in [0.717, 1.165) is 38.5 Å². The molecule has 0 bridgehead atoms. The van der Waals surface area contributed by atoms with Crippen LogP contribution < -0.4 is 5.30 Å². The van der Waals surface area contributed by atoms with Gasteiger partial charge in [-0.05, 0) is 87.0 Å². The van der Waals surface area contributed by atoms with Crippen molar-refractivity contribution in [2.45, 2.75) is 65.2 Å². The fourth-order valence-corrected chi connectivity index (χ4v) is 7.66. The summed E-state index contributed by atoms with van der Waals surface area (Å²) < 4.78 is 24.2. The molecule has 148 valence electrons. The van der Waals surface area contributed by atoms with Gasteiger partial charge in [0.15, 0.2) is 0 Å². The smallest absolute Gasteiger partial charge is 0.305 e. The summed E-state index contributed by atoms with van der Waals surface area (Å²) in [7, 11) is -3.24. The fraction of sp³-hybridized carbons (Fsp3) is 0.682. The van der Waals surface area contributed by atoms with Crippen molar-refractivity contribution in [3.8, 4) is 0 Å². The number of benzene rings is 1. The van der Waals surface area contributed by atoms with Crippen molar-refractivity contribution in [1.29, 1.82) is 0 Å². The average molecular weight is 390 g/mol. The van der Waals surface area contributed by atoms with Crippen LogP contribution in [0.4, 0.5) is 0 Å². The number of fused-ring (bicyclic) bond motifs is 5. The van der Waals surface area contributed by atoms with Crippen LogP contribution in [0.5, 0.6) is 0 Å². The lowest BCUT2D eigenvalue weighted by Crippen LogP contribution is -2.42. The minimum Gasteiger partial charge on any atom is -0.305 e. The van der Waals surface area contributed by atoms with E-state index in [0.29, 0.717) is 42.1 Å². The van der Waals surface area contributed by atoms with E-state index in [2.05, 4.69) is 19.1 Å². The Balaban J connectivity index is 1.65. The van der Waals surface area contributed by atoms with Crippen LogP contribution in [-0.4, -0.2) is 19.0 Å². The van der Waals surface area contributed by atoms with Gasteiger partial charge in [-0.15, -0.1) is 0 Å². The average Bonchev–Trinajstić information content (AvgIpc) is 2.96. The van der Waals surface area contributed by atoms with Gasteiger partial charge in [-0.1, -0.05) is 13.0 Å². The molecule has 27 heavy (non-hydrogen) atoms. The highest BCUT2D eigenvalue weighted by Gasteiger charge is 2.54. The molecule has 0 unspecified atom stereocenters. The lowest BCUT2D eigenvalue weighted by molar-refractivity contribution is -0.129. The van der Waals surface area contributed by atoms with Crippen molar-refractivity contribution >= 4 is 18.7 Å². The van der Waals surface area contributed by atoms with Crippen LogP contribution in [0.15, 0.2) is 18.2 Å². The fourth-order valence-electron chi connectivity index (χ4n) is 6.04. The van der Waals surface area contributed by atoms with Crippen molar-refractivity contribution in [2.75, 3.05) is 13.2 Å². The van der Waals surface area contributed by atoms with Gasteiger partial charge in [0.2, 0.25) is 0 Å². The third kappa shape index (κ3) is 3.05. The van der Waals surface area contributed by atoms with Crippen molar-refractivity contribution in [3.63, 3.8) is 0 Å². The Morgan fingerprint density at radius 2 is 1.85 bits per heavy atom. The first kappa shape index (κ1) is 19.4. The number of hydrogen-bond donors (Lipinski definition) is 0. The SMILES string of the molecule is CCOP(=O)(OCC)c1ccc2c(c1)CC[C@@H]1[C@@H]2CC[C@]2(C)C(=O)CC[C@@H]12. The lowest BCUT2D eigenvalue weighted by Gasteiger charge is -2.48. The Morgan fingerprint density at radius 3 is 2.56 bits per heavy atom. The molecular formula is C22H31O4P. The van der Waals surface area contributed by atoms with Crippen LogP contribution in [0.3, 0.4) is 0 Å². The predicted octanol–water partition coefficient (Wildman–Crippen LogP) is 5.00. The molecule has 0 aliphatic heterocycles. The number of hydrogen-bond acceptors (Lipinski definition) is 4. The van der Waals surface area contributed by atoms with Gasteiger partial charge in [0.05, 0.1) is 18.5 Å². The molecule has 0 heterocycles. The molecule has 3 aliphatic carbocycles. The third-order valence-corrected chi connectivity index (χ3v) is 9.44. The van der Waals surface area contributed by atoms with E-state index in [1.54, 1.807) is 0 Å². The molecule has 0 amide bonds. The molecule has 3 aliphatic rings. The molecule has 0 spiro atoms. The van der Waals surface area contributed by atoms with Crippen LogP contribution >= 0.6 is 7.60 Å². The second-order valence-electron chi connectivity index (χ2n) is 8.55. The van der Waals surface area contributed by atoms with Gasteiger partial charge < -0.3 is 9.05 Å². The molecule has 4 atom stereocenters. The Kier molecular flexibility index (Phi) is 5.12. The molecule has 5 heteroatoms. The van der Waals surface area contributed by atoms with Gasteiger partial charge in [0, 0.05) is 11.8 Å². The van der Waals surface area contributed by atoms with Crippen LogP contribution in [0.1, 0.15) is 69.9 Å². The van der Waals surface area contributed by atoms with Crippen LogP contribution in [0.2, 0.25) is 0 Å². The summed E-state index contributed by atoms with van der Waals surface area (Å²) in [4.78, 5) is 12.5. The van der Waals surface area contributed by atoms with E-state index in [9.17, 15) is 9.36 Å². The van der Waals surface area contributed by atoms with E-state index >= 15 is 0 Å². The summed E-state index contributed by atoms with van der Waals surface area (Å²) in [5.41, 5.74) is 2.61. The largest absolute Gasteiger partial charge is 0.361 e. The molecule has 2 fully saturated rings. The van der Waals surface area contributed by atoms with Gasteiger partial charge in [0.25, 0.3) is 0 Å². The minimum atomic E-state index is -3.24. The minimum absolute atomic E-state index is 0.0851. The summed E-state index contributed by atoms with van der Waals surface area (Å²) >= 11 is 0. The summed E-state index contributed by atoms with van der Waals surface area (Å²) in [6, 6.07) is 6.16. The number of Topliss-reactive ketones (excluding diaryl/α,β-unsaturated/α-hetero) is 1. The molecule has 0 N–H and O–H groups in total. The first-order valence-corrected chi connectivity index (χ1v) is 12.0. The zero-order valence-electron chi connectivity index (χ0n) is 16.7. The zero-order chi connectivity index (χ0) is 19.2. The molecule has 4 nitrogen and oxygen atoms in total. The van der Waals surface area contributed by atoms with Gasteiger partial charge in [-0.25, -0.2) is 0 Å². The van der Waals surface area contributed by atoms with Gasteiger partial charge in [-0.3, -0.25) is 9.36 Å². The number of aryl methyl sites for hydroxylation is 1. The predicted molar refractivity (Wildman–Crippen MR) is 107 cm³/mol. The Hall–Kier alpha value is -0.960. The standard InChI is InChI=1S/C22H31O4P/c1-4-25-27(24,26-5-2)16-7-9-17-15(14-16)6-8-19-18(17)12-13-22(3)20(19)10-11-21(22)23/h7,9,14,18-20H,4-6,8,10-13H2,1-3H3/t18-,19-,20+,22+/m1/s1. The molecular weight excluding hydrogens is 359 g/mol. The maximum absolute atomic E-state index is 13.1. The molecule has 1 aromatic carbocycles. The Labute approximate surface area is 162 Å². The first-order chi connectivity index (χ1) is 12.9. The number of rotatable bonds is 5. The number of carbonyl (C=O) groups is 1. The second-order valence-corrected chi connectivity index (χ2v) is 10.6. The van der Waals surface area contributed by atoms with Crippen LogP contribution in [0.25, 0.3) is 0 Å². The van der Waals surface area contributed by atoms with E-state index < -0.39 is 7.60 Å². The van der Waals surface area contributed by atoms with E-state index in [-0.39, 0.29) is 5.41 Å². The molecule has 0 saturated heterocycles. The normalized spacial score (nSPS) is 32.7. The highest BCUT2D eigenvalue weighted by Crippen LogP contribution is 2.59. The maximum Gasteiger partial charge on any atom is 0.361 e. The van der Waals surface area contributed by atoms with E-state index in [1.165, 1.54) is 11.1 Å². The van der Waals surface area contributed by atoms with Crippen molar-refractivity contribution in [3.05, 3.63) is 29.3 Å². The molecule has 1 aromatic rings. The highest BCUT2D eigenvalue weighted by molar-refractivity contribution is 7.62. The van der Waals surface area contributed by atoms with Crippen molar-refractivity contribution in [2.24, 2.45) is 17.3 Å². The number of ketones is 1. The molecule has 0 radical (unpaired) electrons. The van der Waals surface area contributed by atoms with Gasteiger partial charge in [0.1, 0.15) is 5.78 Å². The molecule has 4 rings (SSSR count). The third-order valence-electron chi connectivity index (χ3n) is 7.33. The van der Waals surface area contributed by atoms with Gasteiger partial charge >= 0.3 is 7.60 Å². The van der Waals surface area contributed by atoms with Gasteiger partial charge in [-0.2, -0.15) is 0 Å². The summed E-state index contributed by atoms with van der Waals surface area (Å²) in [5.74, 6) is 2.17. The highest BCUT2D eigenvalue weighted by atomic mass is 31.2. The molecule has 0 aromatic heterocycles. The summed E-state index contributed by atoms with van der Waals surface area (Å²) in [6.07, 6.45) is 6.04. The first-order valence-electron chi connectivity index (χ1n) is 10.5. The Bertz CT molecular complexity index is 779. The summed E-state index contributed by atoms with van der Waals surface area (Å²) in [6.45, 7) is 6.64. The van der Waals surface area contributed by atoms with Crippen LogP contribution in [0, 0.1) is 17.3 Å². The number of carbonyl (C=O) groups excluding carboxylic acids is 1. The zero-order valence-corrected chi connectivity index (χ0v) is 17.6. The van der Waals surface area contributed by atoms with Crippen molar-refractivity contribution in [1.82, 2.24) is 0 Å². The van der Waals surface area contributed by atoms with E-state index in [1.807, 2.05) is 19.9 Å². The van der Waals surface area contributed by atoms with Crippen LogP contribution in [-0.2, 0) is 24.8 Å². The maximum atomic E-state index is 13.1. The van der Waals surface area contributed by atoms with Crippen molar-refractivity contribution < 1.29 is 18.4 Å². The monoisotopic (exact) mass is 390 g/mol. The Morgan fingerprint density at radius 1 is 1.11 bits per heavy atom. The lowest BCUT2D eigenvalue weighted by atomic mass is 9.55. The molecule has 2 saturated carbocycles. The quantitative estimate of drug-likeness (QED) is 0.664. The second kappa shape index (κ2) is 7.13.